The van der Waals surface area contributed by atoms with Gasteiger partial charge < -0.3 is 9.96 Å². The van der Waals surface area contributed by atoms with Crippen molar-refractivity contribution < 1.29 is 9.96 Å². The van der Waals surface area contributed by atoms with E-state index >= 15 is 0 Å². The molecule has 0 aromatic carbocycles. The second-order valence-corrected chi connectivity index (χ2v) is 4.31. The largest absolute Gasteiger partial charge is 0.870 e. The smallest absolute Gasteiger partial charge is 0.0821 e. The predicted octanol–water partition coefficient (Wildman–Crippen LogP) is 3.43. The SMILES string of the molecule is C=CCC[N+](CCC)(CCC)CCC.[OH-]. The van der Waals surface area contributed by atoms with Gasteiger partial charge in [0.25, 0.3) is 0 Å². The third-order valence-corrected chi connectivity index (χ3v) is 2.90. The third kappa shape index (κ3) is 6.69. The van der Waals surface area contributed by atoms with E-state index in [9.17, 15) is 0 Å². The van der Waals surface area contributed by atoms with Crippen molar-refractivity contribution in [3.8, 4) is 0 Å². The molecular formula is C13H29NO. The predicted molar refractivity (Wildman–Crippen MR) is 67.4 cm³/mol. The molecule has 92 valence electrons. The highest BCUT2D eigenvalue weighted by Crippen LogP contribution is 2.12. The van der Waals surface area contributed by atoms with E-state index in [1.165, 1.54) is 56.3 Å². The van der Waals surface area contributed by atoms with Crippen LogP contribution in [0, 0.1) is 0 Å². The second-order valence-electron chi connectivity index (χ2n) is 4.31. The molecule has 1 N–H and O–H groups in total. The van der Waals surface area contributed by atoms with Gasteiger partial charge in [-0.3, -0.25) is 0 Å². The van der Waals surface area contributed by atoms with Crippen LogP contribution in [0.5, 0.6) is 0 Å². The fourth-order valence-corrected chi connectivity index (χ4v) is 2.46. The van der Waals surface area contributed by atoms with Gasteiger partial charge in [-0.25, -0.2) is 0 Å². The minimum Gasteiger partial charge on any atom is -0.870 e. The van der Waals surface area contributed by atoms with Gasteiger partial charge in [0.15, 0.2) is 0 Å². The molecule has 15 heavy (non-hydrogen) atoms. The number of nitrogens with zero attached hydrogens (tertiary/aromatic N) is 1. The zero-order valence-electron chi connectivity index (χ0n) is 10.8. The van der Waals surface area contributed by atoms with Crippen molar-refractivity contribution in [1.82, 2.24) is 0 Å². The van der Waals surface area contributed by atoms with Gasteiger partial charge >= 0.3 is 0 Å². The van der Waals surface area contributed by atoms with Crippen LogP contribution in [0.2, 0.25) is 0 Å². The molecule has 0 atom stereocenters. The minimum atomic E-state index is 0. The highest BCUT2D eigenvalue weighted by molar-refractivity contribution is 4.65. The molecule has 0 spiro atoms. The van der Waals surface area contributed by atoms with Crippen molar-refractivity contribution in [2.45, 2.75) is 46.5 Å². The molecule has 0 fully saturated rings. The summed E-state index contributed by atoms with van der Waals surface area (Å²) in [6.45, 7) is 16.0. The third-order valence-electron chi connectivity index (χ3n) is 2.90. The van der Waals surface area contributed by atoms with Gasteiger partial charge in [-0.15, -0.1) is 6.58 Å². The van der Waals surface area contributed by atoms with Crippen LogP contribution < -0.4 is 0 Å². The van der Waals surface area contributed by atoms with Gasteiger partial charge in [-0.1, -0.05) is 26.8 Å². The average Bonchev–Trinajstić information content (AvgIpc) is 2.16. The van der Waals surface area contributed by atoms with Crippen LogP contribution in [0.25, 0.3) is 0 Å². The first-order valence-corrected chi connectivity index (χ1v) is 6.20. The molecule has 2 heteroatoms. The van der Waals surface area contributed by atoms with E-state index in [2.05, 4.69) is 33.4 Å². The molecule has 0 aliphatic rings. The first-order chi connectivity index (χ1) is 6.74. The Bertz CT molecular complexity index is 128. The molecule has 0 bridgehead atoms. The first-order valence-electron chi connectivity index (χ1n) is 6.20. The van der Waals surface area contributed by atoms with Crippen molar-refractivity contribution >= 4 is 0 Å². The van der Waals surface area contributed by atoms with Crippen LogP contribution in [-0.4, -0.2) is 36.1 Å². The summed E-state index contributed by atoms with van der Waals surface area (Å²) >= 11 is 0. The van der Waals surface area contributed by atoms with Gasteiger partial charge in [0.05, 0.1) is 26.2 Å². The van der Waals surface area contributed by atoms with Crippen molar-refractivity contribution in [3.05, 3.63) is 12.7 Å². The molecule has 0 amide bonds. The minimum absolute atomic E-state index is 0. The second kappa shape index (κ2) is 10.2. The van der Waals surface area contributed by atoms with Crippen molar-refractivity contribution in [1.29, 1.82) is 0 Å². The molecule has 0 aliphatic carbocycles. The molecule has 0 radical (unpaired) electrons. The molecule has 0 heterocycles. The van der Waals surface area contributed by atoms with Gasteiger partial charge in [-0.05, 0) is 19.3 Å². The maximum atomic E-state index is 3.83. The Hall–Kier alpha value is -0.340. The van der Waals surface area contributed by atoms with Crippen LogP contribution in [0.15, 0.2) is 12.7 Å². The lowest BCUT2D eigenvalue weighted by Crippen LogP contribution is -2.50. The summed E-state index contributed by atoms with van der Waals surface area (Å²) in [4.78, 5) is 0. The van der Waals surface area contributed by atoms with Gasteiger partial charge in [-0.2, -0.15) is 0 Å². The molecule has 0 rings (SSSR count). The molecule has 0 saturated carbocycles. The van der Waals surface area contributed by atoms with Crippen molar-refractivity contribution in [3.63, 3.8) is 0 Å². The van der Waals surface area contributed by atoms with Crippen LogP contribution in [0.1, 0.15) is 46.5 Å². The molecule has 0 aromatic heterocycles. The normalized spacial score (nSPS) is 10.9. The Morgan fingerprint density at radius 2 is 1.27 bits per heavy atom. The van der Waals surface area contributed by atoms with E-state index < -0.39 is 0 Å². The van der Waals surface area contributed by atoms with Gasteiger partial charge in [0.2, 0.25) is 0 Å². The Balaban J connectivity index is 0. The Kier molecular flexibility index (Phi) is 11.6. The molecule has 0 aromatic rings. The van der Waals surface area contributed by atoms with Gasteiger partial charge in [0.1, 0.15) is 0 Å². The summed E-state index contributed by atoms with van der Waals surface area (Å²) in [5.74, 6) is 0. The van der Waals surface area contributed by atoms with E-state index in [0.717, 1.165) is 0 Å². The molecule has 0 aliphatic heterocycles. The molecule has 0 saturated heterocycles. The fourth-order valence-electron chi connectivity index (χ4n) is 2.46. The summed E-state index contributed by atoms with van der Waals surface area (Å²) in [7, 11) is 0. The summed E-state index contributed by atoms with van der Waals surface area (Å²) < 4.78 is 1.32. The fraction of sp³-hybridized carbons (Fsp3) is 0.846. The maximum absolute atomic E-state index is 3.83. The number of hydrogen-bond donors (Lipinski definition) is 0. The van der Waals surface area contributed by atoms with Gasteiger partial charge in [0, 0.05) is 6.42 Å². The monoisotopic (exact) mass is 215 g/mol. The lowest BCUT2D eigenvalue weighted by Gasteiger charge is -2.38. The molecule has 0 unspecified atom stereocenters. The molecule has 2 nitrogen and oxygen atoms in total. The van der Waals surface area contributed by atoms with E-state index in [4.69, 9.17) is 0 Å². The van der Waals surface area contributed by atoms with Crippen LogP contribution >= 0.6 is 0 Å². The Morgan fingerprint density at radius 1 is 0.867 bits per heavy atom. The van der Waals surface area contributed by atoms with Crippen LogP contribution in [-0.2, 0) is 0 Å². The average molecular weight is 215 g/mol. The summed E-state index contributed by atoms with van der Waals surface area (Å²) in [6.07, 6.45) is 7.14. The lowest BCUT2D eigenvalue weighted by molar-refractivity contribution is -0.928. The van der Waals surface area contributed by atoms with E-state index in [0.29, 0.717) is 0 Å². The lowest BCUT2D eigenvalue weighted by atomic mass is 10.2. The Labute approximate surface area is 95.9 Å². The van der Waals surface area contributed by atoms with Crippen molar-refractivity contribution in [2.24, 2.45) is 0 Å². The number of quaternary nitrogens is 1. The van der Waals surface area contributed by atoms with E-state index in [1.807, 2.05) is 0 Å². The Morgan fingerprint density at radius 3 is 1.53 bits per heavy atom. The van der Waals surface area contributed by atoms with Crippen LogP contribution in [0.3, 0.4) is 0 Å². The van der Waals surface area contributed by atoms with E-state index in [1.54, 1.807) is 0 Å². The molecular weight excluding hydrogens is 186 g/mol. The number of hydrogen-bond acceptors (Lipinski definition) is 1. The summed E-state index contributed by atoms with van der Waals surface area (Å²) in [5, 5.41) is 0. The highest BCUT2D eigenvalue weighted by Gasteiger charge is 2.22. The summed E-state index contributed by atoms with van der Waals surface area (Å²) in [5.41, 5.74) is 0. The van der Waals surface area contributed by atoms with E-state index in [-0.39, 0.29) is 5.48 Å². The maximum Gasteiger partial charge on any atom is 0.0821 e. The first kappa shape index (κ1) is 17.1. The zero-order chi connectivity index (χ0) is 10.9. The highest BCUT2D eigenvalue weighted by atomic mass is 16.0. The summed E-state index contributed by atoms with van der Waals surface area (Å²) in [6, 6.07) is 0. The van der Waals surface area contributed by atoms with Crippen molar-refractivity contribution in [2.75, 3.05) is 26.2 Å². The number of rotatable bonds is 9. The standard InChI is InChI=1S/C13H28N.H2O/c1-5-9-13-14(10-6-2,11-7-3)12-8-4;/h5H,1,6-13H2,2-4H3;1H2/q+1;/p-1. The quantitative estimate of drug-likeness (QED) is 0.428. The van der Waals surface area contributed by atoms with Crippen LogP contribution in [0.4, 0.5) is 0 Å². The topological polar surface area (TPSA) is 30.0 Å². The zero-order valence-corrected chi connectivity index (χ0v) is 10.8.